The highest BCUT2D eigenvalue weighted by Gasteiger charge is 2.19. The van der Waals surface area contributed by atoms with Crippen molar-refractivity contribution in [2.75, 3.05) is 5.32 Å². The van der Waals surface area contributed by atoms with Crippen molar-refractivity contribution in [1.29, 1.82) is 0 Å². The van der Waals surface area contributed by atoms with Crippen LogP contribution in [0.2, 0.25) is 0 Å². The predicted molar refractivity (Wildman–Crippen MR) is 105 cm³/mol. The van der Waals surface area contributed by atoms with Crippen molar-refractivity contribution >= 4 is 27.5 Å². The summed E-state index contributed by atoms with van der Waals surface area (Å²) in [7, 11) is 0. The number of nitrogens with one attached hydrogen (secondary N) is 1. The van der Waals surface area contributed by atoms with Gasteiger partial charge in [0, 0.05) is 4.47 Å². The Morgan fingerprint density at radius 2 is 1.64 bits per heavy atom. The summed E-state index contributed by atoms with van der Waals surface area (Å²) in [6, 6.07) is 11.3. The first-order valence-corrected chi connectivity index (χ1v) is 9.07. The van der Waals surface area contributed by atoms with Crippen LogP contribution >= 0.6 is 15.9 Å². The zero-order chi connectivity index (χ0) is 18.6. The fraction of sp³-hybridized carbons (Fsp3) is 0.350. The summed E-state index contributed by atoms with van der Waals surface area (Å²) in [4.78, 5) is 12.5. The minimum absolute atomic E-state index is 0.0276. The standard InChI is InChI=1S/C20H24BrNO3/c1-12(2)24-18-9-7-6-8-17(18)22-20(23)15(5)25-19-13(3)10-16(21)11-14(19)4/h6-12,15H,1-5H3,(H,22,23). The molecule has 0 aliphatic rings. The second kappa shape index (κ2) is 8.39. The Hall–Kier alpha value is -2.01. The van der Waals surface area contributed by atoms with Crippen LogP contribution in [0, 0.1) is 13.8 Å². The molecule has 1 N–H and O–H groups in total. The van der Waals surface area contributed by atoms with E-state index in [1.54, 1.807) is 6.92 Å². The number of rotatable bonds is 6. The van der Waals surface area contributed by atoms with Gasteiger partial charge in [-0.1, -0.05) is 28.1 Å². The number of ether oxygens (including phenoxy) is 2. The number of aryl methyl sites for hydroxylation is 2. The molecule has 4 nitrogen and oxygen atoms in total. The molecule has 0 bridgehead atoms. The highest BCUT2D eigenvalue weighted by molar-refractivity contribution is 9.10. The molecule has 0 heterocycles. The van der Waals surface area contributed by atoms with E-state index in [4.69, 9.17) is 9.47 Å². The van der Waals surface area contributed by atoms with Gasteiger partial charge < -0.3 is 14.8 Å². The Bertz CT molecular complexity index is 735. The maximum atomic E-state index is 12.5. The minimum atomic E-state index is -0.634. The van der Waals surface area contributed by atoms with Crippen molar-refractivity contribution in [3.05, 3.63) is 52.0 Å². The summed E-state index contributed by atoms with van der Waals surface area (Å²) in [5.74, 6) is 1.16. The van der Waals surface area contributed by atoms with Crippen LogP contribution in [-0.4, -0.2) is 18.1 Å². The number of amides is 1. The highest BCUT2D eigenvalue weighted by atomic mass is 79.9. The van der Waals surface area contributed by atoms with Gasteiger partial charge in [-0.05, 0) is 70.0 Å². The normalized spacial score (nSPS) is 12.0. The molecule has 2 aromatic carbocycles. The van der Waals surface area contributed by atoms with Gasteiger partial charge in [0.25, 0.3) is 5.91 Å². The molecule has 1 amide bonds. The van der Waals surface area contributed by atoms with Gasteiger partial charge in [0.1, 0.15) is 11.5 Å². The van der Waals surface area contributed by atoms with E-state index in [1.807, 2.05) is 64.1 Å². The van der Waals surface area contributed by atoms with E-state index in [0.29, 0.717) is 11.4 Å². The molecule has 0 fully saturated rings. The summed E-state index contributed by atoms with van der Waals surface area (Å²) in [5.41, 5.74) is 2.60. The largest absolute Gasteiger partial charge is 0.489 e. The quantitative estimate of drug-likeness (QED) is 0.712. The second-order valence-corrected chi connectivity index (χ2v) is 7.20. The topological polar surface area (TPSA) is 47.6 Å². The fourth-order valence-corrected chi connectivity index (χ4v) is 3.16. The lowest BCUT2D eigenvalue weighted by atomic mass is 10.1. The van der Waals surface area contributed by atoms with Crippen LogP contribution in [0.1, 0.15) is 31.9 Å². The van der Waals surface area contributed by atoms with E-state index in [-0.39, 0.29) is 12.0 Å². The Labute approximate surface area is 157 Å². The number of para-hydroxylation sites is 2. The van der Waals surface area contributed by atoms with Crippen LogP contribution in [0.4, 0.5) is 5.69 Å². The third-order valence-electron chi connectivity index (χ3n) is 3.60. The Balaban J connectivity index is 2.12. The molecule has 2 aromatic rings. The zero-order valence-electron chi connectivity index (χ0n) is 15.2. The maximum Gasteiger partial charge on any atom is 0.265 e. The molecule has 0 aromatic heterocycles. The smallest absolute Gasteiger partial charge is 0.265 e. The fourth-order valence-electron chi connectivity index (χ4n) is 2.47. The van der Waals surface area contributed by atoms with Gasteiger partial charge >= 0.3 is 0 Å². The number of halogens is 1. The second-order valence-electron chi connectivity index (χ2n) is 6.28. The lowest BCUT2D eigenvalue weighted by molar-refractivity contribution is -0.122. The van der Waals surface area contributed by atoms with E-state index >= 15 is 0 Å². The summed E-state index contributed by atoms with van der Waals surface area (Å²) < 4.78 is 12.6. The molecule has 1 atom stereocenters. The van der Waals surface area contributed by atoms with Crippen molar-refractivity contribution in [2.45, 2.75) is 46.8 Å². The molecule has 0 saturated heterocycles. The third-order valence-corrected chi connectivity index (χ3v) is 4.05. The molecule has 0 radical (unpaired) electrons. The first-order valence-electron chi connectivity index (χ1n) is 8.28. The number of hydrogen-bond donors (Lipinski definition) is 1. The number of benzene rings is 2. The minimum Gasteiger partial charge on any atom is -0.489 e. The maximum absolute atomic E-state index is 12.5. The van der Waals surface area contributed by atoms with Gasteiger partial charge in [-0.25, -0.2) is 0 Å². The van der Waals surface area contributed by atoms with E-state index in [1.165, 1.54) is 0 Å². The van der Waals surface area contributed by atoms with E-state index in [0.717, 1.165) is 21.3 Å². The van der Waals surface area contributed by atoms with Crippen molar-refractivity contribution in [2.24, 2.45) is 0 Å². The average molecular weight is 406 g/mol. The lowest BCUT2D eigenvalue weighted by Gasteiger charge is -2.20. The molecule has 5 heteroatoms. The molecule has 0 aliphatic heterocycles. The SMILES string of the molecule is Cc1cc(Br)cc(C)c1OC(C)C(=O)Nc1ccccc1OC(C)C. The molecule has 0 aliphatic carbocycles. The molecule has 0 spiro atoms. The van der Waals surface area contributed by atoms with Crippen LogP contribution in [-0.2, 0) is 4.79 Å². The predicted octanol–water partition coefficient (Wildman–Crippen LogP) is 5.26. The van der Waals surface area contributed by atoms with Crippen LogP contribution in [0.25, 0.3) is 0 Å². The van der Waals surface area contributed by atoms with Crippen LogP contribution < -0.4 is 14.8 Å². The van der Waals surface area contributed by atoms with E-state index in [9.17, 15) is 4.79 Å². The third kappa shape index (κ3) is 5.23. The number of carbonyl (C=O) groups is 1. The van der Waals surface area contributed by atoms with Gasteiger partial charge in [-0.2, -0.15) is 0 Å². The summed E-state index contributed by atoms with van der Waals surface area (Å²) >= 11 is 3.47. The van der Waals surface area contributed by atoms with Crippen molar-refractivity contribution < 1.29 is 14.3 Å². The van der Waals surface area contributed by atoms with Crippen molar-refractivity contribution in [1.82, 2.24) is 0 Å². The summed E-state index contributed by atoms with van der Waals surface area (Å²) in [5, 5.41) is 2.89. The molecular weight excluding hydrogens is 382 g/mol. The van der Waals surface area contributed by atoms with Gasteiger partial charge in [0.15, 0.2) is 6.10 Å². The van der Waals surface area contributed by atoms with Gasteiger partial charge in [-0.3, -0.25) is 4.79 Å². The van der Waals surface area contributed by atoms with Gasteiger partial charge in [0.2, 0.25) is 0 Å². The van der Waals surface area contributed by atoms with E-state index in [2.05, 4.69) is 21.2 Å². The monoisotopic (exact) mass is 405 g/mol. The zero-order valence-corrected chi connectivity index (χ0v) is 16.8. The summed E-state index contributed by atoms with van der Waals surface area (Å²) in [6.45, 7) is 9.56. The number of hydrogen-bond acceptors (Lipinski definition) is 3. The first-order chi connectivity index (χ1) is 11.8. The lowest BCUT2D eigenvalue weighted by Crippen LogP contribution is -2.30. The van der Waals surface area contributed by atoms with Crippen molar-refractivity contribution in [3.8, 4) is 11.5 Å². The van der Waals surface area contributed by atoms with E-state index < -0.39 is 6.10 Å². The summed E-state index contributed by atoms with van der Waals surface area (Å²) in [6.07, 6.45) is -0.606. The number of carbonyl (C=O) groups excluding carboxylic acids is 1. The van der Waals surface area contributed by atoms with Crippen LogP contribution in [0.5, 0.6) is 11.5 Å². The van der Waals surface area contributed by atoms with Gasteiger partial charge in [-0.15, -0.1) is 0 Å². The van der Waals surface area contributed by atoms with Crippen LogP contribution in [0.3, 0.4) is 0 Å². The molecular formula is C20H24BrNO3. The molecule has 1 unspecified atom stereocenters. The Morgan fingerprint density at radius 1 is 1.04 bits per heavy atom. The molecule has 2 rings (SSSR count). The van der Waals surface area contributed by atoms with Crippen molar-refractivity contribution in [3.63, 3.8) is 0 Å². The molecule has 25 heavy (non-hydrogen) atoms. The molecule has 134 valence electrons. The highest BCUT2D eigenvalue weighted by Crippen LogP contribution is 2.29. The molecule has 0 saturated carbocycles. The Morgan fingerprint density at radius 3 is 2.24 bits per heavy atom. The first kappa shape index (κ1) is 19.3. The van der Waals surface area contributed by atoms with Crippen LogP contribution in [0.15, 0.2) is 40.9 Å². The Kier molecular flexibility index (Phi) is 6.48. The van der Waals surface area contributed by atoms with Gasteiger partial charge in [0.05, 0.1) is 11.8 Å². The average Bonchev–Trinajstić information content (AvgIpc) is 2.52. The number of anilines is 1.